The van der Waals surface area contributed by atoms with Crippen molar-refractivity contribution in [1.82, 2.24) is 10.2 Å². The van der Waals surface area contributed by atoms with E-state index in [1.54, 1.807) is 18.2 Å². The van der Waals surface area contributed by atoms with E-state index in [1.165, 1.54) is 31.4 Å². The maximum absolute atomic E-state index is 12.1. The normalized spacial score (nSPS) is 11.1. The minimum Gasteiger partial charge on any atom is -0.480 e. The number of ether oxygens (including phenoxy) is 1. The molecule has 0 unspecified atom stereocenters. The molecule has 88 valence electrons. The van der Waals surface area contributed by atoms with E-state index in [-0.39, 0.29) is 15.8 Å². The summed E-state index contributed by atoms with van der Waals surface area (Å²) in [4.78, 5) is 0.194. The van der Waals surface area contributed by atoms with Crippen molar-refractivity contribution in [3.8, 4) is 5.88 Å². The van der Waals surface area contributed by atoms with Gasteiger partial charge in [0.15, 0.2) is 5.03 Å². The van der Waals surface area contributed by atoms with E-state index in [0.29, 0.717) is 0 Å². The molecule has 0 radical (unpaired) electrons. The predicted octanol–water partition coefficient (Wildman–Crippen LogP) is 1.32. The van der Waals surface area contributed by atoms with Crippen LogP contribution < -0.4 is 4.74 Å². The number of methoxy groups -OCH3 is 1. The summed E-state index contributed by atoms with van der Waals surface area (Å²) in [6.07, 6.45) is 0. The molecule has 0 aliphatic carbocycles. The third-order valence-electron chi connectivity index (χ3n) is 2.15. The quantitative estimate of drug-likeness (QED) is 0.821. The summed E-state index contributed by atoms with van der Waals surface area (Å²) in [5, 5.41) is 7.18. The van der Waals surface area contributed by atoms with E-state index in [1.807, 2.05) is 0 Å². The number of aromatic nitrogens is 2. The van der Waals surface area contributed by atoms with E-state index >= 15 is 0 Å². The summed E-state index contributed by atoms with van der Waals surface area (Å²) in [7, 11) is -2.15. The minimum atomic E-state index is -3.59. The molecular formula is C11H10N2O3S. The van der Waals surface area contributed by atoms with Crippen LogP contribution in [0.25, 0.3) is 0 Å². The van der Waals surface area contributed by atoms with Crippen LogP contribution >= 0.6 is 0 Å². The Labute approximate surface area is 99.0 Å². The lowest BCUT2D eigenvalue weighted by molar-refractivity contribution is 0.389. The maximum atomic E-state index is 12.1. The van der Waals surface area contributed by atoms with Crippen LogP contribution in [0.2, 0.25) is 0 Å². The van der Waals surface area contributed by atoms with Gasteiger partial charge in [-0.05, 0) is 18.2 Å². The number of nitrogens with zero attached hydrogens (tertiary/aromatic N) is 2. The second kappa shape index (κ2) is 4.50. The van der Waals surface area contributed by atoms with E-state index in [9.17, 15) is 8.42 Å². The molecule has 0 spiro atoms. The second-order valence-electron chi connectivity index (χ2n) is 3.23. The molecule has 0 fully saturated rings. The number of rotatable bonds is 3. The molecule has 0 aliphatic heterocycles. The topological polar surface area (TPSA) is 69.2 Å². The fourth-order valence-corrected chi connectivity index (χ4v) is 2.43. The van der Waals surface area contributed by atoms with Crippen LogP contribution in [0.15, 0.2) is 52.4 Å². The fourth-order valence-electron chi connectivity index (χ4n) is 1.28. The average molecular weight is 250 g/mol. The summed E-state index contributed by atoms with van der Waals surface area (Å²) in [6, 6.07) is 10.9. The minimum absolute atomic E-state index is 0.0931. The Morgan fingerprint density at radius 2 is 1.71 bits per heavy atom. The highest BCUT2D eigenvalue weighted by atomic mass is 32.2. The smallest absolute Gasteiger partial charge is 0.233 e. The summed E-state index contributed by atoms with van der Waals surface area (Å²) in [6.45, 7) is 0. The van der Waals surface area contributed by atoms with Crippen molar-refractivity contribution in [3.05, 3.63) is 42.5 Å². The fraction of sp³-hybridized carbons (Fsp3) is 0.0909. The van der Waals surface area contributed by atoms with Crippen LogP contribution in [0.4, 0.5) is 0 Å². The van der Waals surface area contributed by atoms with E-state index < -0.39 is 9.84 Å². The van der Waals surface area contributed by atoms with Gasteiger partial charge in [-0.1, -0.05) is 18.2 Å². The van der Waals surface area contributed by atoms with Crippen LogP contribution in [0.3, 0.4) is 0 Å². The molecule has 6 heteroatoms. The molecule has 0 N–H and O–H groups in total. The zero-order valence-corrected chi connectivity index (χ0v) is 9.89. The molecule has 5 nitrogen and oxygen atoms in total. The zero-order valence-electron chi connectivity index (χ0n) is 9.07. The third kappa shape index (κ3) is 2.26. The lowest BCUT2D eigenvalue weighted by atomic mass is 10.4. The van der Waals surface area contributed by atoms with Crippen LogP contribution in [-0.4, -0.2) is 25.7 Å². The highest BCUT2D eigenvalue weighted by molar-refractivity contribution is 7.91. The van der Waals surface area contributed by atoms with Crippen molar-refractivity contribution in [2.75, 3.05) is 7.11 Å². The second-order valence-corrected chi connectivity index (χ2v) is 5.13. The molecule has 1 heterocycles. The van der Waals surface area contributed by atoms with Gasteiger partial charge in [0, 0.05) is 6.07 Å². The van der Waals surface area contributed by atoms with E-state index in [0.717, 1.165) is 0 Å². The monoisotopic (exact) mass is 250 g/mol. The Balaban J connectivity index is 2.45. The highest BCUT2D eigenvalue weighted by Crippen LogP contribution is 2.18. The Morgan fingerprint density at radius 1 is 1.00 bits per heavy atom. The van der Waals surface area contributed by atoms with Crippen molar-refractivity contribution in [2.24, 2.45) is 0 Å². The van der Waals surface area contributed by atoms with Crippen LogP contribution in [-0.2, 0) is 9.84 Å². The van der Waals surface area contributed by atoms with Gasteiger partial charge in [0.1, 0.15) is 0 Å². The molecule has 17 heavy (non-hydrogen) atoms. The van der Waals surface area contributed by atoms with Crippen molar-refractivity contribution >= 4 is 9.84 Å². The Kier molecular flexibility index (Phi) is 3.06. The predicted molar refractivity (Wildman–Crippen MR) is 60.5 cm³/mol. The molecule has 0 saturated carbocycles. The standard InChI is InChI=1S/C11H10N2O3S/c1-16-10-7-8-11(13-12-10)17(14,15)9-5-3-2-4-6-9/h2-8H,1H3. The number of hydrogen-bond donors (Lipinski definition) is 0. The summed E-state index contributed by atoms with van der Waals surface area (Å²) in [5.74, 6) is 0.275. The zero-order chi connectivity index (χ0) is 12.3. The van der Waals surface area contributed by atoms with Gasteiger partial charge < -0.3 is 4.74 Å². The number of benzene rings is 1. The molecular weight excluding hydrogens is 240 g/mol. The van der Waals surface area contributed by atoms with E-state index in [2.05, 4.69) is 10.2 Å². The molecule has 1 aromatic heterocycles. The van der Waals surface area contributed by atoms with Gasteiger partial charge in [-0.15, -0.1) is 10.2 Å². The first-order valence-corrected chi connectivity index (χ1v) is 6.31. The number of sulfone groups is 1. The Hall–Kier alpha value is -1.95. The Morgan fingerprint density at radius 3 is 2.24 bits per heavy atom. The van der Waals surface area contributed by atoms with Gasteiger partial charge in [-0.3, -0.25) is 0 Å². The maximum Gasteiger partial charge on any atom is 0.233 e. The van der Waals surface area contributed by atoms with Gasteiger partial charge in [-0.25, -0.2) is 8.42 Å². The van der Waals surface area contributed by atoms with Crippen LogP contribution in [0.5, 0.6) is 5.88 Å². The van der Waals surface area contributed by atoms with Crippen LogP contribution in [0, 0.1) is 0 Å². The molecule has 0 amide bonds. The van der Waals surface area contributed by atoms with Gasteiger partial charge in [0.2, 0.25) is 15.7 Å². The molecule has 2 rings (SSSR count). The highest BCUT2D eigenvalue weighted by Gasteiger charge is 2.19. The molecule has 0 atom stereocenters. The van der Waals surface area contributed by atoms with Crippen molar-refractivity contribution < 1.29 is 13.2 Å². The van der Waals surface area contributed by atoms with Crippen molar-refractivity contribution in [2.45, 2.75) is 9.92 Å². The Bertz CT molecular complexity index is 594. The first-order chi connectivity index (χ1) is 8.14. The van der Waals surface area contributed by atoms with Gasteiger partial charge in [0.25, 0.3) is 0 Å². The van der Waals surface area contributed by atoms with Crippen molar-refractivity contribution in [3.63, 3.8) is 0 Å². The summed E-state index contributed by atoms with van der Waals surface area (Å²) < 4.78 is 29.0. The average Bonchev–Trinajstić information content (AvgIpc) is 2.40. The molecule has 0 bridgehead atoms. The molecule has 0 aliphatic rings. The summed E-state index contributed by atoms with van der Waals surface area (Å²) in [5.41, 5.74) is 0. The third-order valence-corrected chi connectivity index (χ3v) is 3.81. The van der Waals surface area contributed by atoms with Crippen molar-refractivity contribution in [1.29, 1.82) is 0 Å². The largest absolute Gasteiger partial charge is 0.480 e. The number of hydrogen-bond acceptors (Lipinski definition) is 5. The van der Waals surface area contributed by atoms with Crippen LogP contribution in [0.1, 0.15) is 0 Å². The van der Waals surface area contributed by atoms with Gasteiger partial charge in [-0.2, -0.15) is 0 Å². The molecule has 0 saturated heterocycles. The lowest BCUT2D eigenvalue weighted by Gasteiger charge is -2.03. The first kappa shape index (κ1) is 11.5. The van der Waals surface area contributed by atoms with Gasteiger partial charge in [0.05, 0.1) is 12.0 Å². The first-order valence-electron chi connectivity index (χ1n) is 4.82. The molecule has 2 aromatic rings. The summed E-state index contributed by atoms with van der Waals surface area (Å²) >= 11 is 0. The van der Waals surface area contributed by atoms with Gasteiger partial charge >= 0.3 is 0 Å². The van der Waals surface area contributed by atoms with E-state index in [4.69, 9.17) is 4.74 Å². The SMILES string of the molecule is COc1ccc(S(=O)(=O)c2ccccc2)nn1. The molecule has 1 aromatic carbocycles. The lowest BCUT2D eigenvalue weighted by Crippen LogP contribution is -2.05.